The Labute approximate surface area is 166 Å². The van der Waals surface area contributed by atoms with Gasteiger partial charge < -0.3 is 24.4 Å². The Morgan fingerprint density at radius 1 is 1.18 bits per heavy atom. The van der Waals surface area contributed by atoms with E-state index >= 15 is 0 Å². The summed E-state index contributed by atoms with van der Waals surface area (Å²) in [5.41, 5.74) is 0. The fourth-order valence-corrected chi connectivity index (χ4v) is 4.42. The number of aliphatic hydroxyl groups excluding tert-OH is 1. The molecule has 6 heteroatoms. The Morgan fingerprint density at radius 3 is 2.71 bits per heavy atom. The zero-order valence-corrected chi connectivity index (χ0v) is 16.4. The number of hydrogen-bond donors (Lipinski definition) is 2. The molecule has 0 radical (unpaired) electrons. The number of aliphatic carboxylic acids is 1. The average Bonchev–Trinajstić information content (AvgIpc) is 3.05. The molecule has 1 saturated carbocycles. The molecule has 0 amide bonds. The molecule has 0 aromatic heterocycles. The molecule has 2 fully saturated rings. The van der Waals surface area contributed by atoms with Crippen molar-refractivity contribution in [2.24, 2.45) is 11.8 Å². The number of rotatable bonds is 10. The third-order valence-corrected chi connectivity index (χ3v) is 5.84. The first-order chi connectivity index (χ1) is 13.6. The van der Waals surface area contributed by atoms with Gasteiger partial charge in [0.15, 0.2) is 6.29 Å². The number of carboxylic acids is 1. The first-order valence-corrected chi connectivity index (χ1v) is 10.5. The van der Waals surface area contributed by atoms with Crippen molar-refractivity contribution < 1.29 is 29.2 Å². The number of aliphatic hydroxyl groups is 1. The Hall–Kier alpha value is -1.63. The molecule has 6 nitrogen and oxygen atoms in total. The van der Waals surface area contributed by atoms with Crippen LogP contribution in [0.3, 0.4) is 0 Å². The van der Waals surface area contributed by atoms with Crippen molar-refractivity contribution in [2.45, 2.75) is 69.9 Å². The molecule has 2 aliphatic rings. The second-order valence-electron chi connectivity index (χ2n) is 7.84. The molecule has 5 atom stereocenters. The van der Waals surface area contributed by atoms with Crippen molar-refractivity contribution in [3.8, 4) is 5.75 Å². The van der Waals surface area contributed by atoms with E-state index in [9.17, 15) is 15.0 Å². The number of hydrogen-bond acceptors (Lipinski definition) is 5. The summed E-state index contributed by atoms with van der Waals surface area (Å²) in [6.07, 6.45) is 5.07. The van der Waals surface area contributed by atoms with Gasteiger partial charge in [0.05, 0.1) is 25.2 Å². The van der Waals surface area contributed by atoms with Gasteiger partial charge in [0.1, 0.15) is 5.75 Å². The first kappa shape index (κ1) is 21.1. The van der Waals surface area contributed by atoms with Crippen LogP contribution in [0.25, 0.3) is 0 Å². The fourth-order valence-electron chi connectivity index (χ4n) is 4.42. The molecule has 2 N–H and O–H groups in total. The molecule has 1 aliphatic carbocycles. The lowest BCUT2D eigenvalue weighted by molar-refractivity contribution is -0.204. The molecule has 3 rings (SSSR count). The van der Waals surface area contributed by atoms with Crippen LogP contribution in [0.5, 0.6) is 5.75 Å². The van der Waals surface area contributed by atoms with Crippen LogP contribution in [0.15, 0.2) is 30.3 Å². The van der Waals surface area contributed by atoms with E-state index in [0.29, 0.717) is 19.6 Å². The van der Waals surface area contributed by atoms with Crippen LogP contribution in [-0.4, -0.2) is 47.9 Å². The van der Waals surface area contributed by atoms with Crippen molar-refractivity contribution in [2.75, 3.05) is 13.2 Å². The number of carbonyl (C=O) groups is 1. The smallest absolute Gasteiger partial charge is 0.303 e. The van der Waals surface area contributed by atoms with E-state index in [1.165, 1.54) is 0 Å². The minimum absolute atomic E-state index is 0.0161. The Bertz CT molecular complexity index is 586. The molecule has 28 heavy (non-hydrogen) atoms. The summed E-state index contributed by atoms with van der Waals surface area (Å²) >= 11 is 0. The monoisotopic (exact) mass is 392 g/mol. The van der Waals surface area contributed by atoms with E-state index in [4.69, 9.17) is 14.2 Å². The lowest BCUT2D eigenvalue weighted by atomic mass is 9.85. The lowest BCUT2D eigenvalue weighted by Gasteiger charge is -2.33. The van der Waals surface area contributed by atoms with Crippen LogP contribution in [0.2, 0.25) is 0 Å². The summed E-state index contributed by atoms with van der Waals surface area (Å²) in [5, 5.41) is 19.6. The summed E-state index contributed by atoms with van der Waals surface area (Å²) in [6.45, 7) is 1.29. The maximum Gasteiger partial charge on any atom is 0.303 e. The molecular formula is C22H32O6. The average molecular weight is 392 g/mol. The number of carboxylic acid groups (broad SMARTS) is 1. The van der Waals surface area contributed by atoms with Gasteiger partial charge >= 0.3 is 5.97 Å². The van der Waals surface area contributed by atoms with Crippen molar-refractivity contribution in [3.05, 3.63) is 30.3 Å². The van der Waals surface area contributed by atoms with Crippen LogP contribution in [-0.2, 0) is 14.3 Å². The van der Waals surface area contributed by atoms with Crippen LogP contribution < -0.4 is 4.74 Å². The summed E-state index contributed by atoms with van der Waals surface area (Å²) in [7, 11) is 0. The molecule has 1 aromatic rings. The normalized spacial score (nSPS) is 28.8. The van der Waals surface area contributed by atoms with Crippen molar-refractivity contribution in [1.82, 2.24) is 0 Å². The highest BCUT2D eigenvalue weighted by Gasteiger charge is 2.41. The zero-order valence-electron chi connectivity index (χ0n) is 16.4. The third kappa shape index (κ3) is 6.19. The Morgan fingerprint density at radius 2 is 2.00 bits per heavy atom. The van der Waals surface area contributed by atoms with E-state index < -0.39 is 12.1 Å². The van der Waals surface area contributed by atoms with Crippen molar-refractivity contribution in [3.63, 3.8) is 0 Å². The largest absolute Gasteiger partial charge is 0.494 e. The number of ether oxygens (including phenoxy) is 3. The highest BCUT2D eigenvalue weighted by Crippen LogP contribution is 2.40. The maximum absolute atomic E-state index is 11.3. The van der Waals surface area contributed by atoms with E-state index in [0.717, 1.165) is 44.3 Å². The van der Waals surface area contributed by atoms with E-state index in [1.807, 2.05) is 30.3 Å². The summed E-state index contributed by atoms with van der Waals surface area (Å²) in [5.74, 6) is -0.249. The van der Waals surface area contributed by atoms with E-state index in [2.05, 4.69) is 0 Å². The zero-order chi connectivity index (χ0) is 19.8. The van der Waals surface area contributed by atoms with Gasteiger partial charge in [-0.2, -0.15) is 0 Å². The minimum atomic E-state index is -0.865. The molecule has 0 spiro atoms. The minimum Gasteiger partial charge on any atom is -0.494 e. The third-order valence-electron chi connectivity index (χ3n) is 5.84. The SMILES string of the molecule is O=C(O)C[C@H]1[C@@H](O)CC[C@H]1C(CCCOc1ccccc1)OC1CCCCO1. The van der Waals surface area contributed by atoms with E-state index in [-0.39, 0.29) is 30.7 Å². The van der Waals surface area contributed by atoms with Gasteiger partial charge in [-0.15, -0.1) is 0 Å². The number of para-hydroxylation sites is 1. The quantitative estimate of drug-likeness (QED) is 0.592. The molecule has 1 heterocycles. The highest BCUT2D eigenvalue weighted by molar-refractivity contribution is 5.67. The predicted molar refractivity (Wildman–Crippen MR) is 104 cm³/mol. The number of benzene rings is 1. The second-order valence-corrected chi connectivity index (χ2v) is 7.84. The van der Waals surface area contributed by atoms with Gasteiger partial charge in [0.2, 0.25) is 0 Å². The first-order valence-electron chi connectivity index (χ1n) is 10.5. The summed E-state index contributed by atoms with van der Waals surface area (Å²) in [4.78, 5) is 11.3. The molecule has 156 valence electrons. The summed E-state index contributed by atoms with van der Waals surface area (Å²) < 4.78 is 17.9. The van der Waals surface area contributed by atoms with Gasteiger partial charge in [-0.05, 0) is 63.0 Å². The maximum atomic E-state index is 11.3. The van der Waals surface area contributed by atoms with Gasteiger partial charge in [-0.3, -0.25) is 4.79 Å². The van der Waals surface area contributed by atoms with Gasteiger partial charge in [0, 0.05) is 12.5 Å². The van der Waals surface area contributed by atoms with Crippen LogP contribution >= 0.6 is 0 Å². The van der Waals surface area contributed by atoms with Gasteiger partial charge in [-0.1, -0.05) is 18.2 Å². The molecule has 2 unspecified atom stereocenters. The highest BCUT2D eigenvalue weighted by atomic mass is 16.7. The molecule has 1 aromatic carbocycles. The predicted octanol–water partition coefficient (Wildman–Crippen LogP) is 3.62. The van der Waals surface area contributed by atoms with Gasteiger partial charge in [-0.25, -0.2) is 0 Å². The van der Waals surface area contributed by atoms with Crippen molar-refractivity contribution >= 4 is 5.97 Å². The standard InChI is InChI=1S/C22H32O6/c23-19-12-11-17(18(19)15-21(24)25)20(28-22-10-4-5-13-27-22)9-6-14-26-16-7-2-1-3-8-16/h1-3,7-8,17-20,22-23H,4-6,9-15H2,(H,24,25)/t17-,18-,19+,20?,22?/m1/s1. The molecule has 1 aliphatic heterocycles. The second kappa shape index (κ2) is 10.8. The van der Waals surface area contributed by atoms with Crippen LogP contribution in [0.1, 0.15) is 51.4 Å². The molecule has 1 saturated heterocycles. The lowest BCUT2D eigenvalue weighted by Crippen LogP contribution is -2.36. The Balaban J connectivity index is 1.58. The fraction of sp³-hybridized carbons (Fsp3) is 0.682. The Kier molecular flexibility index (Phi) is 8.13. The summed E-state index contributed by atoms with van der Waals surface area (Å²) in [6, 6.07) is 9.70. The van der Waals surface area contributed by atoms with Crippen LogP contribution in [0, 0.1) is 11.8 Å². The topological polar surface area (TPSA) is 85.2 Å². The van der Waals surface area contributed by atoms with Crippen LogP contribution in [0.4, 0.5) is 0 Å². The molecule has 0 bridgehead atoms. The van der Waals surface area contributed by atoms with Gasteiger partial charge in [0.25, 0.3) is 0 Å². The van der Waals surface area contributed by atoms with Crippen molar-refractivity contribution in [1.29, 1.82) is 0 Å². The van der Waals surface area contributed by atoms with E-state index in [1.54, 1.807) is 0 Å². The molecular weight excluding hydrogens is 360 g/mol.